The Balaban J connectivity index is 2.16. The fraction of sp³-hybridized carbons (Fsp3) is 0.278. The van der Waals surface area contributed by atoms with Crippen LogP contribution >= 0.6 is 0 Å². The molecule has 1 N–H and O–H groups in total. The van der Waals surface area contributed by atoms with E-state index in [9.17, 15) is 5.11 Å². The minimum absolute atomic E-state index is 0.173. The van der Waals surface area contributed by atoms with E-state index in [0.29, 0.717) is 29.4 Å². The Bertz CT molecular complexity index is 768. The fourth-order valence-corrected chi connectivity index (χ4v) is 2.78. The molecule has 5 heteroatoms. The number of aliphatic imine (C=N–C) groups is 1. The quantitative estimate of drug-likeness (QED) is 0.943. The van der Waals surface area contributed by atoms with E-state index in [4.69, 9.17) is 14.2 Å². The van der Waals surface area contributed by atoms with Crippen LogP contribution in [0.25, 0.3) is 0 Å². The van der Waals surface area contributed by atoms with Crippen LogP contribution in [0.1, 0.15) is 16.7 Å². The van der Waals surface area contributed by atoms with Crippen molar-refractivity contribution in [3.8, 4) is 23.0 Å². The number of benzene rings is 2. The SMILES string of the molecule is COc1ccc(O)c(C2=NCCc3cc(OC)c(OC)cc32)c1. The molecule has 2 aromatic carbocycles. The molecule has 0 unspecified atom stereocenters. The lowest BCUT2D eigenvalue weighted by Crippen LogP contribution is -2.15. The van der Waals surface area contributed by atoms with Gasteiger partial charge in [-0.05, 0) is 42.3 Å². The Kier molecular flexibility index (Phi) is 4.10. The molecule has 0 radical (unpaired) electrons. The molecule has 0 atom stereocenters. The largest absolute Gasteiger partial charge is 0.507 e. The van der Waals surface area contributed by atoms with Gasteiger partial charge in [0.05, 0.1) is 27.0 Å². The molecule has 23 heavy (non-hydrogen) atoms. The van der Waals surface area contributed by atoms with E-state index in [1.165, 1.54) is 0 Å². The first kappa shape index (κ1) is 15.2. The normalized spacial score (nSPS) is 13.1. The molecule has 0 aliphatic carbocycles. The summed E-state index contributed by atoms with van der Waals surface area (Å²) in [7, 11) is 4.82. The molecule has 5 nitrogen and oxygen atoms in total. The summed E-state index contributed by atoms with van der Waals surface area (Å²) in [6.45, 7) is 0.661. The molecular formula is C18H19NO4. The molecule has 0 amide bonds. The molecule has 120 valence electrons. The highest BCUT2D eigenvalue weighted by Crippen LogP contribution is 2.35. The average molecular weight is 313 g/mol. The third-order valence-electron chi connectivity index (χ3n) is 3.97. The third kappa shape index (κ3) is 2.70. The van der Waals surface area contributed by atoms with Crippen molar-refractivity contribution in [2.24, 2.45) is 4.99 Å². The highest BCUT2D eigenvalue weighted by Gasteiger charge is 2.22. The monoisotopic (exact) mass is 313 g/mol. The molecule has 1 heterocycles. The molecule has 1 aliphatic heterocycles. The minimum Gasteiger partial charge on any atom is -0.507 e. The van der Waals surface area contributed by atoms with E-state index in [2.05, 4.69) is 4.99 Å². The first-order chi connectivity index (χ1) is 11.2. The van der Waals surface area contributed by atoms with Crippen molar-refractivity contribution in [3.05, 3.63) is 47.0 Å². The summed E-state index contributed by atoms with van der Waals surface area (Å²) in [5, 5.41) is 10.2. The zero-order chi connectivity index (χ0) is 16.4. The standard InChI is InChI=1S/C18H19NO4/c1-21-12-4-5-15(20)14(9-12)18-13-10-17(23-3)16(22-2)8-11(13)6-7-19-18/h4-5,8-10,20H,6-7H2,1-3H3. The molecule has 0 fully saturated rings. The van der Waals surface area contributed by atoms with Crippen LogP contribution in [0, 0.1) is 0 Å². The van der Waals surface area contributed by atoms with E-state index in [1.54, 1.807) is 39.5 Å². The average Bonchev–Trinajstić information content (AvgIpc) is 2.60. The van der Waals surface area contributed by atoms with Gasteiger partial charge in [-0.25, -0.2) is 0 Å². The van der Waals surface area contributed by atoms with Gasteiger partial charge in [0, 0.05) is 17.7 Å². The maximum atomic E-state index is 10.2. The predicted octanol–water partition coefficient (Wildman–Crippen LogP) is 2.81. The van der Waals surface area contributed by atoms with Gasteiger partial charge in [0.1, 0.15) is 11.5 Å². The Morgan fingerprint density at radius 2 is 1.65 bits per heavy atom. The molecule has 1 aliphatic rings. The van der Waals surface area contributed by atoms with E-state index in [0.717, 1.165) is 23.3 Å². The highest BCUT2D eigenvalue weighted by atomic mass is 16.5. The Hall–Kier alpha value is -2.69. The van der Waals surface area contributed by atoms with Crippen LogP contribution in [-0.2, 0) is 6.42 Å². The lowest BCUT2D eigenvalue weighted by atomic mass is 9.92. The van der Waals surface area contributed by atoms with Crippen molar-refractivity contribution in [1.82, 2.24) is 0 Å². The second-order valence-corrected chi connectivity index (χ2v) is 5.23. The number of rotatable bonds is 4. The summed E-state index contributed by atoms with van der Waals surface area (Å²) >= 11 is 0. The Labute approximate surface area is 135 Å². The van der Waals surface area contributed by atoms with Crippen molar-refractivity contribution in [2.75, 3.05) is 27.9 Å². The number of ether oxygens (including phenoxy) is 3. The van der Waals surface area contributed by atoms with Crippen LogP contribution in [0.3, 0.4) is 0 Å². The summed E-state index contributed by atoms with van der Waals surface area (Å²) < 4.78 is 16.0. The van der Waals surface area contributed by atoms with Gasteiger partial charge < -0.3 is 19.3 Å². The first-order valence-corrected chi connectivity index (χ1v) is 7.35. The van der Waals surface area contributed by atoms with Gasteiger partial charge in [-0.2, -0.15) is 0 Å². The van der Waals surface area contributed by atoms with Gasteiger partial charge in [-0.15, -0.1) is 0 Å². The summed E-state index contributed by atoms with van der Waals surface area (Å²) in [5.74, 6) is 2.19. The van der Waals surface area contributed by atoms with Gasteiger partial charge >= 0.3 is 0 Å². The zero-order valence-corrected chi connectivity index (χ0v) is 13.4. The number of nitrogens with zero attached hydrogens (tertiary/aromatic N) is 1. The fourth-order valence-electron chi connectivity index (χ4n) is 2.78. The first-order valence-electron chi connectivity index (χ1n) is 7.35. The minimum atomic E-state index is 0.173. The van der Waals surface area contributed by atoms with Crippen LogP contribution in [0.4, 0.5) is 0 Å². The third-order valence-corrected chi connectivity index (χ3v) is 3.97. The number of hydrogen-bond acceptors (Lipinski definition) is 5. The van der Waals surface area contributed by atoms with Crippen molar-refractivity contribution in [2.45, 2.75) is 6.42 Å². The molecule has 0 saturated heterocycles. The van der Waals surface area contributed by atoms with Gasteiger partial charge in [-0.3, -0.25) is 4.99 Å². The Morgan fingerprint density at radius 1 is 0.913 bits per heavy atom. The van der Waals surface area contributed by atoms with Crippen molar-refractivity contribution < 1.29 is 19.3 Å². The van der Waals surface area contributed by atoms with Gasteiger partial charge in [0.15, 0.2) is 11.5 Å². The maximum Gasteiger partial charge on any atom is 0.161 e. The van der Waals surface area contributed by atoms with Crippen molar-refractivity contribution >= 4 is 5.71 Å². The number of phenolic OH excluding ortho intramolecular Hbond substituents is 1. The van der Waals surface area contributed by atoms with E-state index < -0.39 is 0 Å². The number of methoxy groups -OCH3 is 3. The smallest absolute Gasteiger partial charge is 0.161 e. The summed E-state index contributed by atoms with van der Waals surface area (Å²) in [5.41, 5.74) is 3.45. The van der Waals surface area contributed by atoms with Gasteiger partial charge in [-0.1, -0.05) is 0 Å². The van der Waals surface area contributed by atoms with Gasteiger partial charge in [0.2, 0.25) is 0 Å². The summed E-state index contributed by atoms with van der Waals surface area (Å²) in [6.07, 6.45) is 0.823. The molecule has 2 aromatic rings. The second-order valence-electron chi connectivity index (χ2n) is 5.23. The number of hydrogen-bond donors (Lipinski definition) is 1. The molecular weight excluding hydrogens is 294 g/mol. The maximum absolute atomic E-state index is 10.2. The van der Waals surface area contributed by atoms with E-state index in [-0.39, 0.29) is 5.75 Å². The van der Waals surface area contributed by atoms with E-state index in [1.807, 2.05) is 12.1 Å². The molecule has 0 aromatic heterocycles. The van der Waals surface area contributed by atoms with Crippen molar-refractivity contribution in [3.63, 3.8) is 0 Å². The predicted molar refractivity (Wildman–Crippen MR) is 88.4 cm³/mol. The number of aromatic hydroxyl groups is 1. The number of fused-ring (bicyclic) bond motifs is 1. The lowest BCUT2D eigenvalue weighted by molar-refractivity contribution is 0.354. The molecule has 3 rings (SSSR count). The topological polar surface area (TPSA) is 60.3 Å². The van der Waals surface area contributed by atoms with Crippen LogP contribution in [0.5, 0.6) is 23.0 Å². The Morgan fingerprint density at radius 3 is 2.35 bits per heavy atom. The van der Waals surface area contributed by atoms with Crippen LogP contribution in [0.15, 0.2) is 35.3 Å². The number of phenols is 1. The van der Waals surface area contributed by atoms with Crippen LogP contribution in [-0.4, -0.2) is 38.7 Å². The molecule has 0 bridgehead atoms. The molecule has 0 spiro atoms. The summed E-state index contributed by atoms with van der Waals surface area (Å²) in [4.78, 5) is 4.61. The van der Waals surface area contributed by atoms with E-state index >= 15 is 0 Å². The highest BCUT2D eigenvalue weighted by molar-refractivity contribution is 6.16. The zero-order valence-electron chi connectivity index (χ0n) is 13.4. The van der Waals surface area contributed by atoms with Gasteiger partial charge in [0.25, 0.3) is 0 Å². The lowest BCUT2D eigenvalue weighted by Gasteiger charge is -2.20. The summed E-state index contributed by atoms with van der Waals surface area (Å²) in [6, 6.07) is 9.01. The second kappa shape index (κ2) is 6.20. The van der Waals surface area contributed by atoms with Crippen LogP contribution in [0.2, 0.25) is 0 Å². The van der Waals surface area contributed by atoms with Crippen LogP contribution < -0.4 is 14.2 Å². The molecule has 0 saturated carbocycles. The van der Waals surface area contributed by atoms with Crippen molar-refractivity contribution in [1.29, 1.82) is 0 Å².